The molecule has 0 rings (SSSR count). The van der Waals surface area contributed by atoms with Crippen molar-refractivity contribution in [2.24, 2.45) is 11.7 Å². The van der Waals surface area contributed by atoms with Crippen molar-refractivity contribution >= 4 is 5.91 Å². The Labute approximate surface area is 79.8 Å². The van der Waals surface area contributed by atoms with Gasteiger partial charge < -0.3 is 15.8 Å². The average Bonchev–Trinajstić information content (AvgIpc) is 2.02. The maximum atomic E-state index is 10.6. The van der Waals surface area contributed by atoms with E-state index in [0.29, 0.717) is 19.1 Å². The van der Waals surface area contributed by atoms with Crippen LogP contribution in [0.25, 0.3) is 0 Å². The van der Waals surface area contributed by atoms with Crippen molar-refractivity contribution in [1.82, 2.24) is 5.32 Å². The number of nitrogens with two attached hydrogens (primary N) is 1. The molecule has 0 fully saturated rings. The summed E-state index contributed by atoms with van der Waals surface area (Å²) in [5.74, 6) is 0.220. The number of nitrogens with one attached hydrogen (secondary N) is 1. The Balaban J connectivity index is 3.21. The lowest BCUT2D eigenvalue weighted by Crippen LogP contribution is -2.40. The summed E-state index contributed by atoms with van der Waals surface area (Å²) >= 11 is 0. The van der Waals surface area contributed by atoms with E-state index in [0.717, 1.165) is 6.61 Å². The first kappa shape index (κ1) is 12.4. The molecule has 4 nitrogen and oxygen atoms in total. The van der Waals surface area contributed by atoms with Gasteiger partial charge >= 0.3 is 0 Å². The summed E-state index contributed by atoms with van der Waals surface area (Å²) in [6, 6.07) is -0.275. The molecule has 0 bridgehead atoms. The predicted molar refractivity (Wildman–Crippen MR) is 52.3 cm³/mol. The molecule has 13 heavy (non-hydrogen) atoms. The molecule has 4 heteroatoms. The van der Waals surface area contributed by atoms with E-state index in [-0.39, 0.29) is 11.9 Å². The molecule has 0 heterocycles. The first-order valence-electron chi connectivity index (χ1n) is 4.64. The van der Waals surface area contributed by atoms with Crippen LogP contribution >= 0.6 is 0 Å². The van der Waals surface area contributed by atoms with Crippen molar-refractivity contribution in [3.05, 3.63) is 0 Å². The van der Waals surface area contributed by atoms with Crippen LogP contribution in [0.15, 0.2) is 0 Å². The highest BCUT2D eigenvalue weighted by Crippen LogP contribution is 1.91. The van der Waals surface area contributed by atoms with Gasteiger partial charge in [-0.25, -0.2) is 0 Å². The van der Waals surface area contributed by atoms with Gasteiger partial charge in [0.2, 0.25) is 5.91 Å². The molecule has 0 spiro atoms. The largest absolute Gasteiger partial charge is 0.380 e. The van der Waals surface area contributed by atoms with E-state index in [1.165, 1.54) is 0 Å². The predicted octanol–water partition coefficient (Wildman–Crippen LogP) is 0.122. The molecule has 0 aromatic rings. The first-order chi connectivity index (χ1) is 6.04. The number of ether oxygens (including phenoxy) is 1. The number of carbonyl (C=O) groups excluding carboxylic acids is 1. The Hall–Kier alpha value is -0.610. The van der Waals surface area contributed by atoms with Gasteiger partial charge in [0.05, 0.1) is 12.6 Å². The molecule has 0 saturated heterocycles. The van der Waals surface area contributed by atoms with Crippen LogP contribution in [0.2, 0.25) is 0 Å². The molecule has 3 N–H and O–H groups in total. The van der Waals surface area contributed by atoms with Crippen LogP contribution in [-0.2, 0) is 9.53 Å². The summed E-state index contributed by atoms with van der Waals surface area (Å²) in [6.45, 7) is 7.98. The minimum atomic E-state index is -0.330. The summed E-state index contributed by atoms with van der Waals surface area (Å²) in [4.78, 5) is 10.6. The van der Waals surface area contributed by atoms with Gasteiger partial charge in [-0.15, -0.1) is 0 Å². The van der Waals surface area contributed by atoms with Crippen molar-refractivity contribution in [2.45, 2.75) is 26.8 Å². The topological polar surface area (TPSA) is 64.3 Å². The van der Waals surface area contributed by atoms with E-state index in [1.807, 2.05) is 0 Å². The molecule has 1 atom stereocenters. The SMILES string of the molecule is CC(C)COCCNC(C)C(N)=O. The van der Waals surface area contributed by atoms with Gasteiger partial charge in [-0.1, -0.05) is 13.8 Å². The lowest BCUT2D eigenvalue weighted by Gasteiger charge is -2.10. The van der Waals surface area contributed by atoms with Crippen LogP contribution < -0.4 is 11.1 Å². The van der Waals surface area contributed by atoms with E-state index in [4.69, 9.17) is 10.5 Å². The van der Waals surface area contributed by atoms with Gasteiger partial charge in [-0.2, -0.15) is 0 Å². The van der Waals surface area contributed by atoms with Gasteiger partial charge in [-0.05, 0) is 12.8 Å². The standard InChI is InChI=1S/C9H20N2O2/c1-7(2)6-13-5-4-11-8(3)9(10)12/h7-8,11H,4-6H2,1-3H3,(H2,10,12). The van der Waals surface area contributed by atoms with Crippen LogP contribution in [0, 0.1) is 5.92 Å². The Morgan fingerprint density at radius 3 is 2.54 bits per heavy atom. The molecular formula is C9H20N2O2. The minimum Gasteiger partial charge on any atom is -0.380 e. The van der Waals surface area contributed by atoms with Crippen LogP contribution in [0.5, 0.6) is 0 Å². The van der Waals surface area contributed by atoms with Gasteiger partial charge in [0, 0.05) is 13.2 Å². The molecule has 1 amide bonds. The number of hydrogen-bond donors (Lipinski definition) is 2. The molecule has 1 unspecified atom stereocenters. The van der Waals surface area contributed by atoms with E-state index in [2.05, 4.69) is 19.2 Å². The molecule has 0 radical (unpaired) electrons. The number of carbonyl (C=O) groups is 1. The lowest BCUT2D eigenvalue weighted by atomic mass is 10.2. The zero-order chi connectivity index (χ0) is 10.3. The molecule has 0 saturated carbocycles. The Kier molecular flexibility index (Phi) is 6.54. The summed E-state index contributed by atoms with van der Waals surface area (Å²) in [6.07, 6.45) is 0. The van der Waals surface area contributed by atoms with Crippen LogP contribution in [0.1, 0.15) is 20.8 Å². The van der Waals surface area contributed by atoms with Crippen LogP contribution in [0.4, 0.5) is 0 Å². The average molecular weight is 188 g/mol. The number of amides is 1. The zero-order valence-corrected chi connectivity index (χ0v) is 8.67. The second kappa shape index (κ2) is 6.86. The normalized spacial score (nSPS) is 13.2. The molecule has 0 aliphatic carbocycles. The van der Waals surface area contributed by atoms with Crippen molar-refractivity contribution < 1.29 is 9.53 Å². The van der Waals surface area contributed by atoms with Gasteiger partial charge in [0.1, 0.15) is 0 Å². The molecule has 0 aromatic carbocycles. The number of hydrogen-bond acceptors (Lipinski definition) is 3. The molecule has 0 aliphatic rings. The third-order valence-electron chi connectivity index (χ3n) is 1.57. The van der Waals surface area contributed by atoms with Crippen LogP contribution in [-0.4, -0.2) is 31.7 Å². The molecule has 0 aliphatic heterocycles. The monoisotopic (exact) mass is 188 g/mol. The van der Waals surface area contributed by atoms with Gasteiger partial charge in [0.15, 0.2) is 0 Å². The number of primary amides is 1. The van der Waals surface area contributed by atoms with E-state index < -0.39 is 0 Å². The highest BCUT2D eigenvalue weighted by atomic mass is 16.5. The second-order valence-corrected chi connectivity index (χ2v) is 3.55. The number of rotatable bonds is 7. The third-order valence-corrected chi connectivity index (χ3v) is 1.57. The quantitative estimate of drug-likeness (QED) is 0.558. The fourth-order valence-electron chi connectivity index (χ4n) is 0.767. The van der Waals surface area contributed by atoms with Crippen molar-refractivity contribution in [2.75, 3.05) is 19.8 Å². The summed E-state index contributed by atoms with van der Waals surface area (Å²) < 4.78 is 5.31. The van der Waals surface area contributed by atoms with Crippen molar-refractivity contribution in [3.8, 4) is 0 Å². The zero-order valence-electron chi connectivity index (χ0n) is 8.67. The Morgan fingerprint density at radius 1 is 1.46 bits per heavy atom. The van der Waals surface area contributed by atoms with E-state index in [1.54, 1.807) is 6.92 Å². The van der Waals surface area contributed by atoms with E-state index >= 15 is 0 Å². The minimum absolute atomic E-state index is 0.275. The summed E-state index contributed by atoms with van der Waals surface area (Å²) in [5.41, 5.74) is 5.06. The molecule has 78 valence electrons. The Bertz CT molecular complexity index is 149. The second-order valence-electron chi connectivity index (χ2n) is 3.55. The Morgan fingerprint density at radius 2 is 2.08 bits per heavy atom. The first-order valence-corrected chi connectivity index (χ1v) is 4.64. The van der Waals surface area contributed by atoms with Gasteiger partial charge in [0.25, 0.3) is 0 Å². The summed E-state index contributed by atoms with van der Waals surface area (Å²) in [5, 5.41) is 2.96. The fourth-order valence-corrected chi connectivity index (χ4v) is 0.767. The fraction of sp³-hybridized carbons (Fsp3) is 0.889. The maximum absolute atomic E-state index is 10.6. The lowest BCUT2D eigenvalue weighted by molar-refractivity contribution is -0.119. The summed E-state index contributed by atoms with van der Waals surface area (Å²) in [7, 11) is 0. The maximum Gasteiger partial charge on any atom is 0.234 e. The molecular weight excluding hydrogens is 168 g/mol. The van der Waals surface area contributed by atoms with Crippen molar-refractivity contribution in [3.63, 3.8) is 0 Å². The van der Waals surface area contributed by atoms with Crippen molar-refractivity contribution in [1.29, 1.82) is 0 Å². The highest BCUT2D eigenvalue weighted by Gasteiger charge is 2.05. The van der Waals surface area contributed by atoms with Crippen LogP contribution in [0.3, 0.4) is 0 Å². The van der Waals surface area contributed by atoms with Gasteiger partial charge in [-0.3, -0.25) is 4.79 Å². The third kappa shape index (κ3) is 7.74. The highest BCUT2D eigenvalue weighted by molar-refractivity contribution is 5.79. The van der Waals surface area contributed by atoms with E-state index in [9.17, 15) is 4.79 Å². The smallest absolute Gasteiger partial charge is 0.234 e. The molecule has 0 aromatic heterocycles.